The van der Waals surface area contributed by atoms with Crippen molar-refractivity contribution in [1.29, 1.82) is 0 Å². The van der Waals surface area contributed by atoms with E-state index < -0.39 is 6.04 Å². The Balaban J connectivity index is 1.53. The van der Waals surface area contributed by atoms with Gasteiger partial charge in [0.2, 0.25) is 5.91 Å². The second kappa shape index (κ2) is 11.9. The largest absolute Gasteiger partial charge is 0.340 e. The first-order chi connectivity index (χ1) is 15.1. The van der Waals surface area contributed by atoms with Crippen LogP contribution in [0.4, 0.5) is 0 Å². The van der Waals surface area contributed by atoms with Gasteiger partial charge in [0.05, 0.1) is 0 Å². The molecule has 2 amide bonds. The van der Waals surface area contributed by atoms with Gasteiger partial charge in [0.25, 0.3) is 5.91 Å². The highest BCUT2D eigenvalue weighted by atomic mass is 32.2. The quantitative estimate of drug-likeness (QED) is 0.652. The molecule has 2 aromatic carbocycles. The summed E-state index contributed by atoms with van der Waals surface area (Å²) in [6.07, 6.45) is 3.69. The van der Waals surface area contributed by atoms with Gasteiger partial charge in [-0.2, -0.15) is 11.8 Å². The predicted octanol–water partition coefficient (Wildman–Crippen LogP) is 3.23. The van der Waals surface area contributed by atoms with Crippen LogP contribution in [0.2, 0.25) is 0 Å². The van der Waals surface area contributed by atoms with Gasteiger partial charge in [-0.3, -0.25) is 14.5 Å². The minimum absolute atomic E-state index is 0.0396. The lowest BCUT2D eigenvalue weighted by atomic mass is 10.1. The van der Waals surface area contributed by atoms with Crippen molar-refractivity contribution in [2.75, 3.05) is 44.7 Å². The molecule has 0 aliphatic carbocycles. The van der Waals surface area contributed by atoms with Gasteiger partial charge in [0.1, 0.15) is 6.04 Å². The van der Waals surface area contributed by atoms with Crippen molar-refractivity contribution in [3.05, 3.63) is 71.3 Å². The van der Waals surface area contributed by atoms with E-state index in [1.54, 1.807) is 17.8 Å². The molecular formula is C25H33N3O2S. The third-order valence-corrected chi connectivity index (χ3v) is 6.38. The fraction of sp³-hybridized carbons (Fsp3) is 0.440. The first kappa shape index (κ1) is 23.4. The highest BCUT2D eigenvalue weighted by Crippen LogP contribution is 2.11. The van der Waals surface area contributed by atoms with Crippen LogP contribution >= 0.6 is 11.8 Å². The van der Waals surface area contributed by atoms with E-state index in [1.165, 1.54) is 5.56 Å². The van der Waals surface area contributed by atoms with Crippen molar-refractivity contribution < 1.29 is 9.59 Å². The average molecular weight is 440 g/mol. The molecule has 1 N–H and O–H groups in total. The molecule has 6 heteroatoms. The standard InChI is InChI=1S/C25H33N3O2S/c1-20-7-6-10-22(19-20)24(29)26-23(12-18-31-2)25(30)28-16-14-27(15-17-28)13-11-21-8-4-3-5-9-21/h3-10,19,23H,11-18H2,1-2H3,(H,26,29). The van der Waals surface area contributed by atoms with E-state index >= 15 is 0 Å². The minimum Gasteiger partial charge on any atom is -0.340 e. The van der Waals surface area contributed by atoms with Gasteiger partial charge in [0, 0.05) is 38.3 Å². The zero-order chi connectivity index (χ0) is 22.1. The Morgan fingerprint density at radius 2 is 1.77 bits per heavy atom. The summed E-state index contributed by atoms with van der Waals surface area (Å²) in [5.74, 6) is 0.698. The molecular weight excluding hydrogens is 406 g/mol. The van der Waals surface area contributed by atoms with E-state index in [2.05, 4.69) is 34.5 Å². The van der Waals surface area contributed by atoms with Crippen LogP contribution in [0.5, 0.6) is 0 Å². The van der Waals surface area contributed by atoms with Crippen molar-refractivity contribution >= 4 is 23.6 Å². The zero-order valence-corrected chi connectivity index (χ0v) is 19.4. The van der Waals surface area contributed by atoms with Crippen LogP contribution in [0.25, 0.3) is 0 Å². The summed E-state index contributed by atoms with van der Waals surface area (Å²) in [7, 11) is 0. The van der Waals surface area contributed by atoms with Crippen molar-refractivity contribution in [2.24, 2.45) is 0 Å². The Labute approximate surface area is 190 Å². The van der Waals surface area contributed by atoms with Crippen LogP contribution in [0.15, 0.2) is 54.6 Å². The number of carbonyl (C=O) groups is 2. The van der Waals surface area contributed by atoms with Crippen LogP contribution in [0, 0.1) is 6.92 Å². The molecule has 0 bridgehead atoms. The second-order valence-electron chi connectivity index (χ2n) is 8.08. The third-order valence-electron chi connectivity index (χ3n) is 5.74. The van der Waals surface area contributed by atoms with E-state index in [1.807, 2.05) is 42.3 Å². The summed E-state index contributed by atoms with van der Waals surface area (Å²) < 4.78 is 0. The summed E-state index contributed by atoms with van der Waals surface area (Å²) in [6, 6.07) is 17.5. The van der Waals surface area contributed by atoms with Gasteiger partial charge in [0.15, 0.2) is 0 Å². The average Bonchev–Trinajstić information content (AvgIpc) is 2.81. The zero-order valence-electron chi connectivity index (χ0n) is 18.5. The number of benzene rings is 2. The maximum absolute atomic E-state index is 13.2. The molecule has 0 radical (unpaired) electrons. The second-order valence-corrected chi connectivity index (χ2v) is 9.07. The van der Waals surface area contributed by atoms with Gasteiger partial charge in [-0.15, -0.1) is 0 Å². The number of hydrogen-bond acceptors (Lipinski definition) is 4. The smallest absolute Gasteiger partial charge is 0.251 e. The molecule has 0 spiro atoms. The lowest BCUT2D eigenvalue weighted by molar-refractivity contribution is -0.135. The van der Waals surface area contributed by atoms with Crippen LogP contribution in [0.3, 0.4) is 0 Å². The van der Waals surface area contributed by atoms with Crippen LogP contribution < -0.4 is 5.32 Å². The first-order valence-electron chi connectivity index (χ1n) is 11.0. The maximum atomic E-state index is 13.2. The van der Waals surface area contributed by atoms with Gasteiger partial charge >= 0.3 is 0 Å². The van der Waals surface area contributed by atoms with Crippen LogP contribution in [-0.2, 0) is 11.2 Å². The fourth-order valence-corrected chi connectivity index (χ4v) is 4.34. The van der Waals surface area contributed by atoms with Crippen molar-refractivity contribution in [2.45, 2.75) is 25.8 Å². The fourth-order valence-electron chi connectivity index (χ4n) is 3.87. The molecule has 31 heavy (non-hydrogen) atoms. The van der Waals surface area contributed by atoms with Crippen molar-refractivity contribution in [3.8, 4) is 0 Å². The number of nitrogens with one attached hydrogen (secondary N) is 1. The van der Waals surface area contributed by atoms with Crippen molar-refractivity contribution in [1.82, 2.24) is 15.1 Å². The number of rotatable bonds is 9. The van der Waals surface area contributed by atoms with E-state index in [-0.39, 0.29) is 11.8 Å². The molecule has 1 aliphatic heterocycles. The van der Waals surface area contributed by atoms with E-state index in [0.717, 1.165) is 37.4 Å². The molecule has 2 aromatic rings. The Hall–Kier alpha value is -2.31. The molecule has 5 nitrogen and oxygen atoms in total. The molecule has 166 valence electrons. The van der Waals surface area contributed by atoms with E-state index in [0.29, 0.717) is 25.1 Å². The van der Waals surface area contributed by atoms with E-state index in [9.17, 15) is 9.59 Å². The molecule has 1 atom stereocenters. The molecule has 1 aliphatic rings. The highest BCUT2D eigenvalue weighted by molar-refractivity contribution is 7.98. The molecule has 0 aromatic heterocycles. The minimum atomic E-state index is -0.476. The Bertz CT molecular complexity index is 851. The number of hydrogen-bond donors (Lipinski definition) is 1. The molecule has 0 saturated carbocycles. The van der Waals surface area contributed by atoms with Gasteiger partial charge in [-0.1, -0.05) is 48.0 Å². The number of piperazine rings is 1. The topological polar surface area (TPSA) is 52.7 Å². The van der Waals surface area contributed by atoms with Crippen molar-refractivity contribution in [3.63, 3.8) is 0 Å². The monoisotopic (exact) mass is 439 g/mol. The summed E-state index contributed by atoms with van der Waals surface area (Å²) >= 11 is 1.69. The number of carbonyl (C=O) groups excluding carboxylic acids is 2. The summed E-state index contributed by atoms with van der Waals surface area (Å²) in [6.45, 7) is 6.14. The lowest BCUT2D eigenvalue weighted by Gasteiger charge is -2.36. The van der Waals surface area contributed by atoms with Gasteiger partial charge < -0.3 is 10.2 Å². The number of nitrogens with zero attached hydrogens (tertiary/aromatic N) is 2. The number of aryl methyl sites for hydroxylation is 1. The van der Waals surface area contributed by atoms with Gasteiger partial charge in [-0.25, -0.2) is 0 Å². The molecule has 1 unspecified atom stereocenters. The van der Waals surface area contributed by atoms with Crippen LogP contribution in [-0.4, -0.2) is 72.4 Å². The highest BCUT2D eigenvalue weighted by Gasteiger charge is 2.28. The van der Waals surface area contributed by atoms with Gasteiger partial charge in [-0.05, 0) is 49.5 Å². The predicted molar refractivity (Wildman–Crippen MR) is 129 cm³/mol. The Morgan fingerprint density at radius 3 is 2.45 bits per heavy atom. The number of thioether (sulfide) groups is 1. The normalized spacial score (nSPS) is 15.5. The lowest BCUT2D eigenvalue weighted by Crippen LogP contribution is -2.55. The molecule has 3 rings (SSSR count). The SMILES string of the molecule is CSCCC(NC(=O)c1cccc(C)c1)C(=O)N1CCN(CCc2ccccc2)CC1. The summed E-state index contributed by atoms with van der Waals surface area (Å²) in [4.78, 5) is 30.3. The van der Waals surface area contributed by atoms with E-state index in [4.69, 9.17) is 0 Å². The molecule has 1 saturated heterocycles. The Kier molecular flexibility index (Phi) is 8.98. The van der Waals surface area contributed by atoms with Crippen LogP contribution in [0.1, 0.15) is 27.9 Å². The number of amides is 2. The summed E-state index contributed by atoms with van der Waals surface area (Å²) in [5.41, 5.74) is 2.98. The molecule has 1 heterocycles. The maximum Gasteiger partial charge on any atom is 0.251 e. The molecule has 1 fully saturated rings. The Morgan fingerprint density at radius 1 is 1.03 bits per heavy atom. The summed E-state index contributed by atoms with van der Waals surface area (Å²) in [5, 5.41) is 2.99. The third kappa shape index (κ3) is 7.11. The first-order valence-corrected chi connectivity index (χ1v) is 12.4.